The van der Waals surface area contributed by atoms with Crippen LogP contribution in [0.4, 0.5) is 0 Å². The molecule has 0 amide bonds. The molecule has 3 N–H and O–H groups in total. The van der Waals surface area contributed by atoms with Crippen LogP contribution in [0.2, 0.25) is 0 Å². The second kappa shape index (κ2) is 5.47. The maximum Gasteiger partial charge on any atom is 0.407 e. The van der Waals surface area contributed by atoms with Gasteiger partial charge in [-0.3, -0.25) is 4.57 Å². The minimum absolute atomic E-state index is 0.267. The zero-order valence-electron chi connectivity index (χ0n) is 9.43. The van der Waals surface area contributed by atoms with Gasteiger partial charge in [0.05, 0.1) is 5.66 Å². The van der Waals surface area contributed by atoms with Crippen LogP contribution in [0.3, 0.4) is 0 Å². The Labute approximate surface area is 100 Å². The van der Waals surface area contributed by atoms with Crippen LogP contribution >= 0.6 is 14.3 Å². The highest BCUT2D eigenvalue weighted by molar-refractivity contribution is 8.28. The van der Waals surface area contributed by atoms with E-state index in [4.69, 9.17) is 9.79 Å². The summed E-state index contributed by atoms with van der Waals surface area (Å²) in [6.45, 7) is 1.80. The van der Waals surface area contributed by atoms with E-state index in [9.17, 15) is 14.0 Å². The van der Waals surface area contributed by atoms with E-state index in [-0.39, 0.29) is 6.42 Å². The van der Waals surface area contributed by atoms with Crippen LogP contribution in [0.5, 0.6) is 0 Å². The Kier molecular flexibility index (Phi) is 4.70. The van der Waals surface area contributed by atoms with Crippen LogP contribution in [0.15, 0.2) is 30.3 Å². The third-order valence-corrected chi connectivity index (χ3v) is 7.72. The molecule has 2 unspecified atom stereocenters. The van der Waals surface area contributed by atoms with Gasteiger partial charge in [0.15, 0.2) is 0 Å². The Morgan fingerprint density at radius 3 is 2.06 bits per heavy atom. The van der Waals surface area contributed by atoms with Crippen LogP contribution in [0, 0.1) is 0 Å². The summed E-state index contributed by atoms with van der Waals surface area (Å²) >= 11 is 0. The summed E-state index contributed by atoms with van der Waals surface area (Å²) in [7, 11) is -9.57. The van der Waals surface area contributed by atoms with Crippen molar-refractivity contribution in [1.82, 2.24) is 0 Å². The van der Waals surface area contributed by atoms with Gasteiger partial charge < -0.3 is 14.7 Å². The Morgan fingerprint density at radius 1 is 1.12 bits per heavy atom. The van der Waals surface area contributed by atoms with Gasteiger partial charge in [0, 0.05) is 0 Å². The summed E-state index contributed by atoms with van der Waals surface area (Å²) in [5.74, 6) is 0. The molecular weight excluding hydrogens is 262 g/mol. The number of rotatable bonds is 5. The molecule has 1 aromatic rings. The highest BCUT2D eigenvalue weighted by atomic mass is 32.1. The summed E-state index contributed by atoms with van der Waals surface area (Å²) < 4.78 is 23.0. The van der Waals surface area contributed by atoms with E-state index >= 15 is 0 Å². The lowest BCUT2D eigenvalue weighted by Gasteiger charge is -2.23. The van der Waals surface area contributed by atoms with E-state index in [1.807, 2.05) is 0 Å². The predicted octanol–water partition coefficient (Wildman–Crippen LogP) is 2.89. The number of benzene rings is 1. The second-order valence-electron chi connectivity index (χ2n) is 3.82. The van der Waals surface area contributed by atoms with Crippen LogP contribution in [0.25, 0.3) is 0 Å². The first-order valence-corrected chi connectivity index (χ1v) is 9.28. The molecule has 7 heteroatoms. The molecular formula is C10H16O5P2. The highest BCUT2D eigenvalue weighted by Crippen LogP contribution is 2.81. The van der Waals surface area contributed by atoms with Crippen molar-refractivity contribution < 1.29 is 23.8 Å². The average molecular weight is 278 g/mol. The topological polar surface area (TPSA) is 94.8 Å². The monoisotopic (exact) mass is 278 g/mol. The van der Waals surface area contributed by atoms with Crippen molar-refractivity contribution in [3.05, 3.63) is 35.9 Å². The molecule has 0 spiro atoms. The Hall–Kier alpha value is -0.440. The van der Waals surface area contributed by atoms with Gasteiger partial charge in [0.2, 0.25) is 0 Å². The van der Waals surface area contributed by atoms with Gasteiger partial charge in [-0.15, -0.1) is 0 Å². The zero-order valence-corrected chi connectivity index (χ0v) is 11.2. The van der Waals surface area contributed by atoms with Crippen molar-refractivity contribution in [3.63, 3.8) is 0 Å². The second-order valence-corrected chi connectivity index (χ2v) is 9.93. The number of hydrogen-bond donors (Lipinski definition) is 3. The lowest BCUT2D eigenvalue weighted by molar-refractivity contribution is 0.373. The lowest BCUT2D eigenvalue weighted by atomic mass is 10.1. The van der Waals surface area contributed by atoms with Crippen LogP contribution < -0.4 is 0 Å². The Bertz CT molecular complexity index is 453. The van der Waals surface area contributed by atoms with Gasteiger partial charge in [-0.1, -0.05) is 43.7 Å². The molecule has 1 aromatic carbocycles. The summed E-state index contributed by atoms with van der Waals surface area (Å²) in [4.78, 5) is 27.7. The van der Waals surface area contributed by atoms with Gasteiger partial charge in [-0.2, -0.15) is 0 Å². The molecule has 0 aromatic heterocycles. The smallest absolute Gasteiger partial charge is 0.336 e. The molecule has 0 fully saturated rings. The van der Waals surface area contributed by atoms with Crippen molar-refractivity contribution in [3.8, 4) is 0 Å². The van der Waals surface area contributed by atoms with Gasteiger partial charge in [-0.25, -0.2) is 4.57 Å². The van der Waals surface area contributed by atoms with E-state index in [0.29, 0.717) is 12.0 Å². The predicted molar refractivity (Wildman–Crippen MR) is 66.0 cm³/mol. The fraction of sp³-hybridized carbons (Fsp3) is 0.400. The molecule has 0 saturated heterocycles. The van der Waals surface area contributed by atoms with E-state index < -0.39 is 20.0 Å². The standard InChI is InChI=1S/C10H16O5P2/c1-2-6-10(9-7-4-3-5-8-9)16(11,12)17(13,14)15/h3-5,7-8,10H,2,6H2,1H3,(H,11,12)(H2,13,14,15). The molecule has 1 rings (SSSR count). The summed E-state index contributed by atoms with van der Waals surface area (Å²) in [5.41, 5.74) is -0.516. The molecule has 0 heterocycles. The van der Waals surface area contributed by atoms with Gasteiger partial charge in [-0.05, 0) is 12.0 Å². The first-order valence-electron chi connectivity index (χ1n) is 5.24. The minimum Gasteiger partial charge on any atom is -0.336 e. The molecule has 96 valence electrons. The third-order valence-electron chi connectivity index (χ3n) is 2.53. The van der Waals surface area contributed by atoms with E-state index in [2.05, 4.69) is 0 Å². The third kappa shape index (κ3) is 3.27. The van der Waals surface area contributed by atoms with Crippen molar-refractivity contribution in [1.29, 1.82) is 0 Å². The maximum atomic E-state index is 11.9. The van der Waals surface area contributed by atoms with Crippen molar-refractivity contribution in [2.24, 2.45) is 0 Å². The maximum absolute atomic E-state index is 11.9. The minimum atomic E-state index is -5.01. The van der Waals surface area contributed by atoms with Crippen molar-refractivity contribution in [2.75, 3.05) is 0 Å². The van der Waals surface area contributed by atoms with Crippen LogP contribution in [-0.2, 0) is 9.13 Å². The molecule has 17 heavy (non-hydrogen) atoms. The average Bonchev–Trinajstić information content (AvgIpc) is 2.25. The normalized spacial score (nSPS) is 17.4. The molecule has 0 aliphatic carbocycles. The molecule has 2 atom stereocenters. The number of hydrogen-bond acceptors (Lipinski definition) is 2. The zero-order chi connectivity index (χ0) is 13.1. The SMILES string of the molecule is CCCC(c1ccccc1)P(=O)(O)P(=O)(O)O. The molecule has 0 saturated carbocycles. The molecule has 5 nitrogen and oxygen atoms in total. The van der Waals surface area contributed by atoms with Gasteiger partial charge in [0.25, 0.3) is 0 Å². The molecule has 0 bridgehead atoms. The largest absolute Gasteiger partial charge is 0.407 e. The lowest BCUT2D eigenvalue weighted by Crippen LogP contribution is -2.00. The van der Waals surface area contributed by atoms with Gasteiger partial charge >= 0.3 is 14.3 Å². The first-order chi connectivity index (χ1) is 7.80. The summed E-state index contributed by atoms with van der Waals surface area (Å²) in [6.07, 6.45) is 0.840. The van der Waals surface area contributed by atoms with E-state index in [0.717, 1.165) is 0 Å². The quantitative estimate of drug-likeness (QED) is 0.720. The van der Waals surface area contributed by atoms with Crippen LogP contribution in [0.1, 0.15) is 31.0 Å². The summed E-state index contributed by atoms with van der Waals surface area (Å²) in [5, 5.41) is 0. The fourth-order valence-corrected chi connectivity index (χ4v) is 5.01. The molecule has 0 aliphatic rings. The fourth-order valence-electron chi connectivity index (χ4n) is 1.66. The Balaban J connectivity index is 3.20. The van der Waals surface area contributed by atoms with E-state index in [1.54, 1.807) is 37.3 Å². The first kappa shape index (κ1) is 14.6. The van der Waals surface area contributed by atoms with E-state index in [1.165, 1.54) is 0 Å². The summed E-state index contributed by atoms with van der Waals surface area (Å²) in [6, 6.07) is 8.32. The van der Waals surface area contributed by atoms with Gasteiger partial charge in [0.1, 0.15) is 0 Å². The van der Waals surface area contributed by atoms with Crippen LogP contribution in [-0.4, -0.2) is 14.7 Å². The van der Waals surface area contributed by atoms with Crippen molar-refractivity contribution in [2.45, 2.75) is 25.4 Å². The van der Waals surface area contributed by atoms with Crippen molar-refractivity contribution >= 4 is 14.3 Å². The molecule has 0 radical (unpaired) electrons. The molecule has 0 aliphatic heterocycles. The Morgan fingerprint density at radius 2 is 1.65 bits per heavy atom. The highest BCUT2D eigenvalue weighted by Gasteiger charge is 2.47.